The Morgan fingerprint density at radius 2 is 1.73 bits per heavy atom. The summed E-state index contributed by atoms with van der Waals surface area (Å²) in [6, 6.07) is 21.1. The standard InChI is InChI=1S/C28H29N5O4.C2HF3O2/c1-3-33(28(35)37-4-2)27(34)26(16-20-9-7-11-25(30)24(20)18-31-36)32-22-14-12-19(13-15-22)23-10-6-5-8-21(23)17-29;3-2(4,5)1(6)7/h5-15,18,26,32,36H,3-4,16,30H2,1-2H3;(H,6,7)/t26-;/m0./s1. The Morgan fingerprint density at radius 1 is 1.09 bits per heavy atom. The minimum absolute atomic E-state index is 0.127. The van der Waals surface area contributed by atoms with Crippen LogP contribution in [-0.4, -0.2) is 64.8 Å². The topological polar surface area (TPSA) is 178 Å². The van der Waals surface area contributed by atoms with Crippen molar-refractivity contribution < 1.29 is 42.6 Å². The number of nitrogen functional groups attached to an aromatic ring is 1. The number of likely N-dealkylation sites (N-methyl/N-ethyl adjacent to an activating group) is 1. The number of carbonyl (C=O) groups excluding carboxylic acids is 2. The Morgan fingerprint density at radius 3 is 2.27 bits per heavy atom. The van der Waals surface area contributed by atoms with Crippen LogP contribution in [0.15, 0.2) is 71.9 Å². The van der Waals surface area contributed by atoms with Crippen molar-refractivity contribution in [3.63, 3.8) is 0 Å². The summed E-state index contributed by atoms with van der Waals surface area (Å²) in [5, 5.41) is 32.0. The molecular formula is C30H30F3N5O6. The number of benzene rings is 3. The number of hydrogen-bond donors (Lipinski definition) is 4. The number of oxime groups is 1. The van der Waals surface area contributed by atoms with Crippen LogP contribution in [0.2, 0.25) is 0 Å². The largest absolute Gasteiger partial charge is 0.490 e. The van der Waals surface area contributed by atoms with E-state index in [1.54, 1.807) is 50.2 Å². The summed E-state index contributed by atoms with van der Waals surface area (Å²) in [5.74, 6) is -3.23. The monoisotopic (exact) mass is 613 g/mol. The zero-order valence-electron chi connectivity index (χ0n) is 23.7. The fraction of sp³-hybridized carbons (Fsp3) is 0.233. The molecule has 0 aliphatic carbocycles. The summed E-state index contributed by atoms with van der Waals surface area (Å²) < 4.78 is 36.8. The number of ether oxygens (including phenoxy) is 1. The fourth-order valence-corrected chi connectivity index (χ4v) is 3.99. The molecule has 0 fully saturated rings. The molecule has 0 saturated heterocycles. The molecule has 11 nitrogen and oxygen atoms in total. The lowest BCUT2D eigenvalue weighted by Gasteiger charge is -2.26. The van der Waals surface area contributed by atoms with Gasteiger partial charge in [-0.3, -0.25) is 4.79 Å². The lowest BCUT2D eigenvalue weighted by molar-refractivity contribution is -0.192. The van der Waals surface area contributed by atoms with Crippen molar-refractivity contribution in [2.24, 2.45) is 5.16 Å². The van der Waals surface area contributed by atoms with Gasteiger partial charge in [0, 0.05) is 29.9 Å². The van der Waals surface area contributed by atoms with Gasteiger partial charge in [-0.2, -0.15) is 18.4 Å². The van der Waals surface area contributed by atoms with Gasteiger partial charge in [0.2, 0.25) is 0 Å². The van der Waals surface area contributed by atoms with Crippen molar-refractivity contribution in [3.8, 4) is 17.2 Å². The Kier molecular flexibility index (Phi) is 12.7. The van der Waals surface area contributed by atoms with Crippen molar-refractivity contribution in [2.45, 2.75) is 32.5 Å². The van der Waals surface area contributed by atoms with Crippen molar-refractivity contribution >= 4 is 35.6 Å². The molecule has 0 radical (unpaired) electrons. The maximum Gasteiger partial charge on any atom is 0.490 e. The number of aliphatic carboxylic acids is 1. The lowest BCUT2D eigenvalue weighted by Crippen LogP contribution is -2.47. The summed E-state index contributed by atoms with van der Waals surface area (Å²) in [6.45, 7) is 3.63. The zero-order valence-corrected chi connectivity index (χ0v) is 23.7. The minimum Gasteiger partial charge on any atom is -0.475 e. The van der Waals surface area contributed by atoms with E-state index in [1.807, 2.05) is 30.3 Å². The molecule has 0 aliphatic heterocycles. The molecule has 3 aromatic rings. The van der Waals surface area contributed by atoms with E-state index in [2.05, 4.69) is 16.5 Å². The predicted molar refractivity (Wildman–Crippen MR) is 156 cm³/mol. The Hall–Kier alpha value is -5.58. The summed E-state index contributed by atoms with van der Waals surface area (Å²) in [4.78, 5) is 35.9. The molecule has 14 heteroatoms. The van der Waals surface area contributed by atoms with Gasteiger partial charge >= 0.3 is 18.2 Å². The molecule has 5 N–H and O–H groups in total. The average Bonchev–Trinajstić information content (AvgIpc) is 2.99. The number of anilines is 2. The molecule has 232 valence electrons. The van der Waals surface area contributed by atoms with E-state index in [1.165, 1.54) is 6.21 Å². The second-order valence-corrected chi connectivity index (χ2v) is 8.88. The molecule has 1 atom stereocenters. The SMILES string of the molecule is CCOC(=O)N(CC)C(=O)[C@H](Cc1cccc(N)c1C=NO)Nc1ccc(-c2ccccc2C#N)cc1.O=C(O)C(F)(F)F. The van der Waals surface area contributed by atoms with Gasteiger partial charge in [-0.25, -0.2) is 14.5 Å². The first-order valence-electron chi connectivity index (χ1n) is 13.1. The number of nitriles is 1. The molecule has 2 amide bonds. The molecule has 0 bridgehead atoms. The predicted octanol–water partition coefficient (Wildman–Crippen LogP) is 5.28. The molecule has 44 heavy (non-hydrogen) atoms. The number of nitrogens with one attached hydrogen (secondary N) is 1. The van der Waals surface area contributed by atoms with Crippen LogP contribution in [0.3, 0.4) is 0 Å². The summed E-state index contributed by atoms with van der Waals surface area (Å²) in [7, 11) is 0. The molecule has 3 aromatic carbocycles. The molecule has 0 heterocycles. The highest BCUT2D eigenvalue weighted by Gasteiger charge is 2.38. The maximum absolute atomic E-state index is 13.5. The van der Waals surface area contributed by atoms with Crippen LogP contribution in [0, 0.1) is 11.3 Å². The number of carboxylic acids is 1. The van der Waals surface area contributed by atoms with Crippen LogP contribution in [0.4, 0.5) is 29.3 Å². The number of amides is 2. The number of carboxylic acid groups (broad SMARTS) is 1. The van der Waals surface area contributed by atoms with E-state index >= 15 is 0 Å². The molecule has 0 unspecified atom stereocenters. The number of imide groups is 1. The highest BCUT2D eigenvalue weighted by molar-refractivity contribution is 5.97. The number of alkyl halides is 3. The van der Waals surface area contributed by atoms with Gasteiger partial charge in [0.15, 0.2) is 0 Å². The summed E-state index contributed by atoms with van der Waals surface area (Å²) in [5.41, 5.74) is 10.4. The van der Waals surface area contributed by atoms with Gasteiger partial charge in [0.25, 0.3) is 5.91 Å². The van der Waals surface area contributed by atoms with Gasteiger partial charge in [-0.15, -0.1) is 0 Å². The molecular weight excluding hydrogens is 583 g/mol. The first kappa shape index (κ1) is 34.6. The van der Waals surface area contributed by atoms with Crippen molar-refractivity contribution in [3.05, 3.63) is 83.4 Å². The number of hydrogen-bond acceptors (Lipinski definition) is 9. The molecule has 0 spiro atoms. The van der Waals surface area contributed by atoms with Gasteiger partial charge in [-0.05, 0) is 54.8 Å². The van der Waals surface area contributed by atoms with Gasteiger partial charge in [0.1, 0.15) is 6.04 Å². The van der Waals surface area contributed by atoms with E-state index < -0.39 is 30.2 Å². The van der Waals surface area contributed by atoms with E-state index in [4.69, 9.17) is 25.6 Å². The van der Waals surface area contributed by atoms with Gasteiger partial charge in [-0.1, -0.05) is 47.6 Å². The summed E-state index contributed by atoms with van der Waals surface area (Å²) in [6.07, 6.45) is -4.44. The Balaban J connectivity index is 0.000000860. The lowest BCUT2D eigenvalue weighted by atomic mass is 9.97. The first-order valence-corrected chi connectivity index (χ1v) is 13.1. The smallest absolute Gasteiger partial charge is 0.475 e. The Bertz CT molecular complexity index is 1520. The van der Waals surface area contributed by atoms with Crippen molar-refractivity contribution in [2.75, 3.05) is 24.2 Å². The highest BCUT2D eigenvalue weighted by Crippen LogP contribution is 2.26. The number of nitrogens with two attached hydrogens (primary N) is 1. The second-order valence-electron chi connectivity index (χ2n) is 8.88. The molecule has 0 aliphatic rings. The number of carbonyl (C=O) groups is 3. The average molecular weight is 614 g/mol. The summed E-state index contributed by atoms with van der Waals surface area (Å²) >= 11 is 0. The highest BCUT2D eigenvalue weighted by atomic mass is 19.4. The van der Waals surface area contributed by atoms with Gasteiger partial charge < -0.3 is 26.1 Å². The molecule has 0 saturated carbocycles. The molecule has 0 aromatic heterocycles. The van der Waals surface area contributed by atoms with E-state index in [0.717, 1.165) is 16.0 Å². The first-order chi connectivity index (χ1) is 20.9. The van der Waals surface area contributed by atoms with E-state index in [9.17, 15) is 28.0 Å². The zero-order chi connectivity index (χ0) is 32.9. The van der Waals surface area contributed by atoms with Gasteiger partial charge in [0.05, 0.1) is 24.5 Å². The number of nitrogens with zero attached hydrogens (tertiary/aromatic N) is 3. The van der Waals surface area contributed by atoms with Crippen LogP contribution in [0.25, 0.3) is 11.1 Å². The van der Waals surface area contributed by atoms with Crippen molar-refractivity contribution in [1.82, 2.24) is 4.90 Å². The number of halogens is 3. The van der Waals surface area contributed by atoms with Crippen LogP contribution >= 0.6 is 0 Å². The third-order valence-electron chi connectivity index (χ3n) is 6.04. The Labute approximate surface area is 251 Å². The normalized spacial score (nSPS) is 11.5. The van der Waals surface area contributed by atoms with Crippen molar-refractivity contribution in [1.29, 1.82) is 5.26 Å². The van der Waals surface area contributed by atoms with Crippen LogP contribution in [0.1, 0.15) is 30.5 Å². The van der Waals surface area contributed by atoms with Crippen LogP contribution in [0.5, 0.6) is 0 Å². The van der Waals surface area contributed by atoms with Crippen LogP contribution < -0.4 is 11.1 Å². The number of rotatable bonds is 9. The van der Waals surface area contributed by atoms with E-state index in [0.29, 0.717) is 28.1 Å². The van der Waals surface area contributed by atoms with Crippen LogP contribution in [-0.2, 0) is 20.7 Å². The maximum atomic E-state index is 13.5. The third-order valence-corrected chi connectivity index (χ3v) is 6.04. The molecule has 3 rings (SSSR count). The fourth-order valence-electron chi connectivity index (χ4n) is 3.99. The van der Waals surface area contributed by atoms with E-state index in [-0.39, 0.29) is 19.6 Å². The minimum atomic E-state index is -5.08. The third kappa shape index (κ3) is 9.48. The quantitative estimate of drug-likeness (QED) is 0.108. The second kappa shape index (κ2) is 16.2.